The fourth-order valence-corrected chi connectivity index (χ4v) is 1.22. The standard InChI is InChI=1S/C7H8O4/c8-6(9)4-2-1-3-5(4)7(10)11/h1-3H2,(H,8,9)(H,10,11). The van der Waals surface area contributed by atoms with Crippen LogP contribution in [0.2, 0.25) is 0 Å². The lowest BCUT2D eigenvalue weighted by atomic mass is 10.1. The minimum absolute atomic E-state index is 0.0671. The summed E-state index contributed by atoms with van der Waals surface area (Å²) in [6.45, 7) is 0. The van der Waals surface area contributed by atoms with E-state index in [1.54, 1.807) is 0 Å². The van der Waals surface area contributed by atoms with Gasteiger partial charge in [-0.3, -0.25) is 0 Å². The molecule has 60 valence electrons. The van der Waals surface area contributed by atoms with Crippen molar-refractivity contribution in [1.29, 1.82) is 0 Å². The highest BCUT2D eigenvalue weighted by Crippen LogP contribution is 2.25. The van der Waals surface area contributed by atoms with Gasteiger partial charge < -0.3 is 10.2 Å². The summed E-state index contributed by atoms with van der Waals surface area (Å²) >= 11 is 0. The van der Waals surface area contributed by atoms with E-state index in [4.69, 9.17) is 10.2 Å². The van der Waals surface area contributed by atoms with Crippen molar-refractivity contribution in [3.05, 3.63) is 11.1 Å². The Morgan fingerprint density at radius 2 is 1.36 bits per heavy atom. The molecule has 0 unspecified atom stereocenters. The third-order valence-corrected chi connectivity index (χ3v) is 1.73. The van der Waals surface area contributed by atoms with Gasteiger partial charge >= 0.3 is 11.9 Å². The third-order valence-electron chi connectivity index (χ3n) is 1.73. The van der Waals surface area contributed by atoms with Crippen LogP contribution in [-0.4, -0.2) is 22.2 Å². The van der Waals surface area contributed by atoms with E-state index in [1.165, 1.54) is 0 Å². The van der Waals surface area contributed by atoms with E-state index in [2.05, 4.69) is 0 Å². The molecule has 11 heavy (non-hydrogen) atoms. The molecule has 0 spiro atoms. The molecule has 0 aromatic carbocycles. The monoisotopic (exact) mass is 156 g/mol. The molecule has 1 aliphatic carbocycles. The second-order valence-electron chi connectivity index (χ2n) is 2.42. The molecule has 2 N–H and O–H groups in total. The van der Waals surface area contributed by atoms with Crippen LogP contribution in [0.15, 0.2) is 11.1 Å². The average Bonchev–Trinajstić information content (AvgIpc) is 2.32. The molecule has 1 rings (SSSR count). The first-order valence-corrected chi connectivity index (χ1v) is 3.31. The second-order valence-corrected chi connectivity index (χ2v) is 2.42. The number of carboxylic acid groups (broad SMARTS) is 2. The predicted molar refractivity (Wildman–Crippen MR) is 36.1 cm³/mol. The molecule has 0 aromatic heterocycles. The zero-order chi connectivity index (χ0) is 8.43. The molecule has 0 aliphatic heterocycles. The minimum Gasteiger partial charge on any atom is -0.478 e. The van der Waals surface area contributed by atoms with E-state index in [1.807, 2.05) is 0 Å². The largest absolute Gasteiger partial charge is 0.478 e. The van der Waals surface area contributed by atoms with Crippen LogP contribution in [0.25, 0.3) is 0 Å². The summed E-state index contributed by atoms with van der Waals surface area (Å²) in [5.41, 5.74) is 0.134. The maximum Gasteiger partial charge on any atom is 0.332 e. The van der Waals surface area contributed by atoms with Crippen LogP contribution in [0.4, 0.5) is 0 Å². The lowest BCUT2D eigenvalue weighted by Crippen LogP contribution is -2.06. The van der Waals surface area contributed by atoms with Gasteiger partial charge in [-0.05, 0) is 19.3 Å². The summed E-state index contributed by atoms with van der Waals surface area (Å²) in [6, 6.07) is 0. The average molecular weight is 156 g/mol. The SMILES string of the molecule is O=C(O)C1=C(C(=O)O)CCC1. The fraction of sp³-hybridized carbons (Fsp3) is 0.429. The van der Waals surface area contributed by atoms with Gasteiger partial charge in [0.15, 0.2) is 0 Å². The Labute approximate surface area is 63.1 Å². The zero-order valence-electron chi connectivity index (χ0n) is 5.83. The van der Waals surface area contributed by atoms with Crippen molar-refractivity contribution in [3.63, 3.8) is 0 Å². The number of carboxylic acids is 2. The fourth-order valence-electron chi connectivity index (χ4n) is 1.22. The maximum atomic E-state index is 10.4. The molecule has 0 heterocycles. The van der Waals surface area contributed by atoms with E-state index < -0.39 is 11.9 Å². The van der Waals surface area contributed by atoms with Gasteiger partial charge in [0.2, 0.25) is 0 Å². The number of aliphatic carboxylic acids is 2. The van der Waals surface area contributed by atoms with E-state index >= 15 is 0 Å². The first-order valence-electron chi connectivity index (χ1n) is 3.31. The Kier molecular flexibility index (Phi) is 1.94. The van der Waals surface area contributed by atoms with Crippen LogP contribution in [0.5, 0.6) is 0 Å². The summed E-state index contributed by atoms with van der Waals surface area (Å²) in [5, 5.41) is 17.0. The van der Waals surface area contributed by atoms with Crippen LogP contribution >= 0.6 is 0 Å². The van der Waals surface area contributed by atoms with Crippen molar-refractivity contribution in [2.24, 2.45) is 0 Å². The molecule has 0 aromatic rings. The maximum absolute atomic E-state index is 10.4. The van der Waals surface area contributed by atoms with Crippen LogP contribution in [-0.2, 0) is 9.59 Å². The Bertz CT molecular complexity index is 215. The summed E-state index contributed by atoms with van der Waals surface area (Å²) < 4.78 is 0. The molecule has 4 nitrogen and oxygen atoms in total. The number of hydrogen-bond donors (Lipinski definition) is 2. The summed E-state index contributed by atoms with van der Waals surface area (Å²) in [4.78, 5) is 20.8. The lowest BCUT2D eigenvalue weighted by molar-refractivity contribution is -0.135. The normalized spacial score (nSPS) is 17.1. The van der Waals surface area contributed by atoms with Crippen molar-refractivity contribution in [2.45, 2.75) is 19.3 Å². The first kappa shape index (κ1) is 7.78. The van der Waals surface area contributed by atoms with Crippen molar-refractivity contribution >= 4 is 11.9 Å². The molecule has 0 bridgehead atoms. The highest BCUT2D eigenvalue weighted by Gasteiger charge is 2.24. The molecule has 0 radical (unpaired) electrons. The topological polar surface area (TPSA) is 74.6 Å². The highest BCUT2D eigenvalue weighted by molar-refractivity contribution is 5.99. The molecule has 0 amide bonds. The van der Waals surface area contributed by atoms with Crippen molar-refractivity contribution < 1.29 is 19.8 Å². The van der Waals surface area contributed by atoms with Crippen LogP contribution in [0.1, 0.15) is 19.3 Å². The van der Waals surface area contributed by atoms with Crippen LogP contribution in [0.3, 0.4) is 0 Å². The zero-order valence-corrected chi connectivity index (χ0v) is 5.83. The third kappa shape index (κ3) is 1.39. The predicted octanol–water partition coefficient (Wildman–Crippen LogP) is 0.636. The van der Waals surface area contributed by atoms with Crippen molar-refractivity contribution in [2.75, 3.05) is 0 Å². The number of carbonyl (C=O) groups is 2. The van der Waals surface area contributed by atoms with Gasteiger partial charge in [0.05, 0.1) is 0 Å². The summed E-state index contributed by atoms with van der Waals surface area (Å²) in [6.07, 6.45) is 1.41. The molecule has 0 saturated heterocycles. The van der Waals surface area contributed by atoms with Gasteiger partial charge in [0, 0.05) is 11.1 Å². The molecule has 0 atom stereocenters. The molecule has 4 heteroatoms. The molecular weight excluding hydrogens is 148 g/mol. The summed E-state index contributed by atoms with van der Waals surface area (Å²) in [7, 11) is 0. The Balaban J connectivity index is 2.95. The Morgan fingerprint density at radius 1 is 1.00 bits per heavy atom. The van der Waals surface area contributed by atoms with Gasteiger partial charge in [-0.2, -0.15) is 0 Å². The minimum atomic E-state index is -1.10. The number of rotatable bonds is 2. The van der Waals surface area contributed by atoms with Crippen LogP contribution in [0, 0.1) is 0 Å². The Hall–Kier alpha value is -1.32. The highest BCUT2D eigenvalue weighted by atomic mass is 16.4. The summed E-state index contributed by atoms with van der Waals surface area (Å²) in [5.74, 6) is -2.19. The van der Waals surface area contributed by atoms with E-state index in [-0.39, 0.29) is 11.1 Å². The Morgan fingerprint density at radius 3 is 1.64 bits per heavy atom. The quantitative estimate of drug-likeness (QED) is 0.615. The lowest BCUT2D eigenvalue weighted by Gasteiger charge is -1.95. The van der Waals surface area contributed by atoms with Gasteiger partial charge in [0.1, 0.15) is 0 Å². The molecule has 0 fully saturated rings. The van der Waals surface area contributed by atoms with E-state index in [0.717, 1.165) is 0 Å². The first-order chi connectivity index (χ1) is 5.13. The number of hydrogen-bond acceptors (Lipinski definition) is 2. The van der Waals surface area contributed by atoms with E-state index in [0.29, 0.717) is 19.3 Å². The smallest absolute Gasteiger partial charge is 0.332 e. The van der Waals surface area contributed by atoms with Crippen LogP contribution < -0.4 is 0 Å². The molecular formula is C7H8O4. The van der Waals surface area contributed by atoms with Crippen molar-refractivity contribution in [1.82, 2.24) is 0 Å². The van der Waals surface area contributed by atoms with Crippen molar-refractivity contribution in [3.8, 4) is 0 Å². The molecule has 0 saturated carbocycles. The van der Waals surface area contributed by atoms with Gasteiger partial charge in [-0.25, -0.2) is 9.59 Å². The second kappa shape index (κ2) is 2.74. The molecule has 1 aliphatic rings. The van der Waals surface area contributed by atoms with Gasteiger partial charge in [0.25, 0.3) is 0 Å². The van der Waals surface area contributed by atoms with E-state index in [9.17, 15) is 9.59 Å². The van der Waals surface area contributed by atoms with Gasteiger partial charge in [-0.15, -0.1) is 0 Å². The van der Waals surface area contributed by atoms with Gasteiger partial charge in [-0.1, -0.05) is 0 Å².